The van der Waals surface area contributed by atoms with Gasteiger partial charge in [0.15, 0.2) is 0 Å². The van der Waals surface area contributed by atoms with E-state index < -0.39 is 0 Å². The van der Waals surface area contributed by atoms with E-state index in [1.165, 1.54) is 0 Å². The molecule has 5 heteroatoms. The Labute approximate surface area is 115 Å². The van der Waals surface area contributed by atoms with Crippen LogP contribution in [0.15, 0.2) is 55.0 Å². The third-order valence-electron chi connectivity index (χ3n) is 2.49. The molecular formula is C14H9ClN3O. The number of ether oxygens (including phenoxy) is 1. The fraction of sp³-hybridized carbons (Fsp3) is 0. The molecule has 4 nitrogen and oxygen atoms in total. The van der Waals surface area contributed by atoms with E-state index in [0.717, 1.165) is 5.69 Å². The summed E-state index contributed by atoms with van der Waals surface area (Å²) in [6.45, 7) is 0. The van der Waals surface area contributed by atoms with Gasteiger partial charge in [-0.3, -0.25) is 4.98 Å². The zero-order valence-electron chi connectivity index (χ0n) is 9.82. The number of hydrogen-bond donors (Lipinski definition) is 0. The zero-order chi connectivity index (χ0) is 13.1. The number of nitrogens with zero attached hydrogens (tertiary/aromatic N) is 3. The first kappa shape index (κ1) is 11.7. The SMILES string of the molecule is Clc1cc(Oc2cccnc2)ccc1-n1cc[c]n1. The normalized spacial score (nSPS) is 10.4. The Bertz CT molecular complexity index is 668. The highest BCUT2D eigenvalue weighted by Crippen LogP contribution is 2.28. The molecule has 3 aromatic rings. The fourth-order valence-electron chi connectivity index (χ4n) is 1.65. The van der Waals surface area contributed by atoms with Crippen LogP contribution in [0, 0.1) is 6.20 Å². The van der Waals surface area contributed by atoms with Gasteiger partial charge in [0.2, 0.25) is 0 Å². The second kappa shape index (κ2) is 5.12. The van der Waals surface area contributed by atoms with Gasteiger partial charge in [0.25, 0.3) is 0 Å². The molecule has 1 radical (unpaired) electrons. The van der Waals surface area contributed by atoms with Crippen molar-refractivity contribution in [2.24, 2.45) is 0 Å². The summed E-state index contributed by atoms with van der Waals surface area (Å²) < 4.78 is 7.30. The molecule has 0 fully saturated rings. The number of pyridine rings is 1. The summed E-state index contributed by atoms with van der Waals surface area (Å²) in [5, 5.41) is 4.57. The van der Waals surface area contributed by atoms with Crippen molar-refractivity contribution in [1.82, 2.24) is 14.8 Å². The van der Waals surface area contributed by atoms with Gasteiger partial charge in [0.05, 0.1) is 16.9 Å². The van der Waals surface area contributed by atoms with Crippen molar-refractivity contribution in [2.75, 3.05) is 0 Å². The van der Waals surface area contributed by atoms with Crippen LogP contribution in [-0.2, 0) is 0 Å². The number of benzene rings is 1. The maximum absolute atomic E-state index is 6.22. The molecule has 0 N–H and O–H groups in total. The Balaban J connectivity index is 1.88. The molecule has 0 aliphatic rings. The predicted octanol–water partition coefficient (Wildman–Crippen LogP) is 3.51. The summed E-state index contributed by atoms with van der Waals surface area (Å²) in [4.78, 5) is 3.99. The van der Waals surface area contributed by atoms with Crippen LogP contribution in [0.4, 0.5) is 0 Å². The smallest absolute Gasteiger partial charge is 0.145 e. The van der Waals surface area contributed by atoms with Crippen molar-refractivity contribution in [3.8, 4) is 17.2 Å². The van der Waals surface area contributed by atoms with Gasteiger partial charge in [0.1, 0.15) is 17.7 Å². The van der Waals surface area contributed by atoms with Crippen molar-refractivity contribution < 1.29 is 4.74 Å². The summed E-state index contributed by atoms with van der Waals surface area (Å²) in [6, 6.07) is 10.8. The second-order valence-electron chi connectivity index (χ2n) is 3.79. The summed E-state index contributed by atoms with van der Waals surface area (Å²) in [7, 11) is 0. The lowest BCUT2D eigenvalue weighted by Crippen LogP contribution is -1.95. The van der Waals surface area contributed by atoms with Crippen molar-refractivity contribution >= 4 is 11.6 Å². The molecule has 0 amide bonds. The highest BCUT2D eigenvalue weighted by molar-refractivity contribution is 6.32. The maximum Gasteiger partial charge on any atom is 0.145 e. The van der Waals surface area contributed by atoms with Crippen molar-refractivity contribution in [3.05, 3.63) is 66.2 Å². The Morgan fingerprint density at radius 3 is 2.84 bits per heavy atom. The quantitative estimate of drug-likeness (QED) is 0.731. The van der Waals surface area contributed by atoms with Crippen LogP contribution in [0.5, 0.6) is 11.5 Å². The van der Waals surface area contributed by atoms with E-state index in [0.29, 0.717) is 16.5 Å². The van der Waals surface area contributed by atoms with E-state index in [1.54, 1.807) is 35.4 Å². The molecule has 0 aliphatic carbocycles. The summed E-state index contributed by atoms with van der Waals surface area (Å²) in [5.41, 5.74) is 0.779. The van der Waals surface area contributed by atoms with Gasteiger partial charge < -0.3 is 4.74 Å². The molecule has 0 unspecified atom stereocenters. The maximum atomic E-state index is 6.22. The minimum Gasteiger partial charge on any atom is -0.456 e. The summed E-state index contributed by atoms with van der Waals surface area (Å²) in [5.74, 6) is 1.32. The fourth-order valence-corrected chi connectivity index (χ4v) is 1.90. The lowest BCUT2D eigenvalue weighted by molar-refractivity contribution is 0.480. The molecule has 93 valence electrons. The van der Waals surface area contributed by atoms with Gasteiger partial charge in [0, 0.05) is 18.5 Å². The Morgan fingerprint density at radius 2 is 2.16 bits per heavy atom. The molecule has 0 aliphatic heterocycles. The zero-order valence-corrected chi connectivity index (χ0v) is 10.6. The van der Waals surface area contributed by atoms with E-state index in [-0.39, 0.29) is 0 Å². The molecule has 1 aromatic carbocycles. The molecule has 0 bridgehead atoms. The van der Waals surface area contributed by atoms with E-state index in [9.17, 15) is 0 Å². The average molecular weight is 271 g/mol. The Morgan fingerprint density at radius 1 is 1.21 bits per heavy atom. The van der Waals surface area contributed by atoms with Crippen LogP contribution in [0.25, 0.3) is 5.69 Å². The van der Waals surface area contributed by atoms with Crippen molar-refractivity contribution in [1.29, 1.82) is 0 Å². The standard InChI is InChI=1S/C14H9ClN3O/c15-13-9-11(19-12-3-1-6-16-10-12)4-5-14(13)18-8-2-7-17-18/h1-6,8-10H. The van der Waals surface area contributed by atoms with Crippen LogP contribution >= 0.6 is 11.6 Å². The number of rotatable bonds is 3. The van der Waals surface area contributed by atoms with Crippen LogP contribution in [0.3, 0.4) is 0 Å². The number of halogens is 1. The van der Waals surface area contributed by atoms with E-state index >= 15 is 0 Å². The summed E-state index contributed by atoms with van der Waals surface area (Å²) in [6.07, 6.45) is 7.84. The molecule has 0 saturated carbocycles. The Kier molecular flexibility index (Phi) is 3.16. The largest absolute Gasteiger partial charge is 0.456 e. The third-order valence-corrected chi connectivity index (χ3v) is 2.79. The summed E-state index contributed by atoms with van der Waals surface area (Å²) >= 11 is 6.22. The topological polar surface area (TPSA) is 39.9 Å². The molecule has 0 spiro atoms. The molecule has 2 aromatic heterocycles. The Hall–Kier alpha value is -2.33. The average Bonchev–Trinajstić information content (AvgIpc) is 2.94. The molecular weight excluding hydrogens is 262 g/mol. The van der Waals surface area contributed by atoms with E-state index in [4.69, 9.17) is 16.3 Å². The molecule has 0 atom stereocenters. The van der Waals surface area contributed by atoms with Gasteiger partial charge in [-0.15, -0.1) is 0 Å². The van der Waals surface area contributed by atoms with Crippen molar-refractivity contribution in [2.45, 2.75) is 0 Å². The lowest BCUT2D eigenvalue weighted by atomic mass is 10.3. The van der Waals surface area contributed by atoms with Gasteiger partial charge >= 0.3 is 0 Å². The first-order chi connectivity index (χ1) is 9.33. The first-order valence-corrected chi connectivity index (χ1v) is 6.00. The van der Waals surface area contributed by atoms with E-state index in [2.05, 4.69) is 16.3 Å². The van der Waals surface area contributed by atoms with E-state index in [1.807, 2.05) is 24.3 Å². The minimum absolute atomic E-state index is 0.554. The van der Waals surface area contributed by atoms with Crippen LogP contribution in [0.1, 0.15) is 0 Å². The lowest BCUT2D eigenvalue weighted by Gasteiger charge is -2.08. The molecule has 19 heavy (non-hydrogen) atoms. The van der Waals surface area contributed by atoms with Crippen molar-refractivity contribution in [3.63, 3.8) is 0 Å². The molecule has 0 saturated heterocycles. The minimum atomic E-state index is 0.554. The first-order valence-electron chi connectivity index (χ1n) is 5.62. The number of aromatic nitrogens is 3. The van der Waals surface area contributed by atoms with Gasteiger partial charge in [-0.05, 0) is 30.3 Å². The molecule has 3 rings (SSSR count). The monoisotopic (exact) mass is 270 g/mol. The van der Waals surface area contributed by atoms with Gasteiger partial charge in [-0.25, -0.2) is 4.68 Å². The van der Waals surface area contributed by atoms with Crippen LogP contribution in [-0.4, -0.2) is 14.8 Å². The molecule has 2 heterocycles. The van der Waals surface area contributed by atoms with Gasteiger partial charge in [-0.1, -0.05) is 11.6 Å². The highest BCUT2D eigenvalue weighted by Gasteiger charge is 2.05. The third kappa shape index (κ3) is 2.58. The van der Waals surface area contributed by atoms with Crippen LogP contribution < -0.4 is 4.74 Å². The number of hydrogen-bond acceptors (Lipinski definition) is 3. The predicted molar refractivity (Wildman–Crippen MR) is 71.7 cm³/mol. The highest BCUT2D eigenvalue weighted by atomic mass is 35.5. The van der Waals surface area contributed by atoms with Crippen LogP contribution in [0.2, 0.25) is 5.02 Å². The second-order valence-corrected chi connectivity index (χ2v) is 4.20. The van der Waals surface area contributed by atoms with Gasteiger partial charge in [-0.2, -0.15) is 5.10 Å².